The van der Waals surface area contributed by atoms with E-state index in [1.807, 2.05) is 18.2 Å². The van der Waals surface area contributed by atoms with Crippen LogP contribution >= 0.6 is 0 Å². The number of benzene rings is 1. The highest BCUT2D eigenvalue weighted by Gasteiger charge is 2.05. The number of aromatic nitrogens is 1. The van der Waals surface area contributed by atoms with Crippen LogP contribution in [0.4, 0.5) is 0 Å². The Morgan fingerprint density at radius 2 is 1.81 bits per heavy atom. The summed E-state index contributed by atoms with van der Waals surface area (Å²) < 4.78 is 7.28. The first-order chi connectivity index (χ1) is 7.79. The molecule has 0 fully saturated rings. The molecular formula is C14H16NO+. The van der Waals surface area contributed by atoms with Gasteiger partial charge in [-0.3, -0.25) is 0 Å². The molecule has 0 aliphatic carbocycles. The molecule has 0 spiro atoms. The number of pyridine rings is 1. The topological polar surface area (TPSA) is 13.1 Å². The molecule has 16 heavy (non-hydrogen) atoms. The number of nitrogens with zero attached hydrogens (tertiary/aromatic N) is 1. The average molecular weight is 214 g/mol. The fraction of sp³-hybridized carbons (Fsp3) is 0.214. The number of hydrogen-bond acceptors (Lipinski definition) is 1. The standard InChI is InChI=1S/C14H16NO/c1-15-10-4-3-5-13(15)11-12-6-8-14(16-2)9-7-12/h3-10H,11H2,1-2H3/q+1. The summed E-state index contributed by atoms with van der Waals surface area (Å²) in [6.45, 7) is 0. The van der Waals surface area contributed by atoms with Gasteiger partial charge in [-0.2, -0.15) is 0 Å². The van der Waals surface area contributed by atoms with Crippen molar-refractivity contribution in [1.29, 1.82) is 0 Å². The van der Waals surface area contributed by atoms with Gasteiger partial charge in [0, 0.05) is 12.1 Å². The third-order valence-corrected chi connectivity index (χ3v) is 2.71. The molecule has 2 nitrogen and oxygen atoms in total. The van der Waals surface area contributed by atoms with Crippen molar-refractivity contribution in [2.24, 2.45) is 7.05 Å². The van der Waals surface area contributed by atoms with E-state index in [9.17, 15) is 0 Å². The van der Waals surface area contributed by atoms with Crippen molar-refractivity contribution in [1.82, 2.24) is 0 Å². The molecule has 0 saturated heterocycles. The van der Waals surface area contributed by atoms with Crippen LogP contribution in [-0.4, -0.2) is 7.11 Å². The van der Waals surface area contributed by atoms with Crippen molar-refractivity contribution in [3.8, 4) is 5.75 Å². The molecule has 1 aromatic carbocycles. The Labute approximate surface area is 96.1 Å². The van der Waals surface area contributed by atoms with Crippen LogP contribution in [0.1, 0.15) is 11.3 Å². The van der Waals surface area contributed by atoms with Crippen LogP contribution in [0.5, 0.6) is 5.75 Å². The lowest BCUT2D eigenvalue weighted by Gasteiger charge is -2.02. The quantitative estimate of drug-likeness (QED) is 0.713. The van der Waals surface area contributed by atoms with Gasteiger partial charge < -0.3 is 4.74 Å². The van der Waals surface area contributed by atoms with Crippen molar-refractivity contribution in [3.05, 3.63) is 59.9 Å². The van der Waals surface area contributed by atoms with Crippen molar-refractivity contribution in [3.63, 3.8) is 0 Å². The van der Waals surface area contributed by atoms with E-state index in [-0.39, 0.29) is 0 Å². The monoisotopic (exact) mass is 214 g/mol. The van der Waals surface area contributed by atoms with Gasteiger partial charge in [0.15, 0.2) is 11.9 Å². The predicted molar refractivity (Wildman–Crippen MR) is 63.4 cm³/mol. The summed E-state index contributed by atoms with van der Waals surface area (Å²) >= 11 is 0. The fourth-order valence-electron chi connectivity index (χ4n) is 1.69. The highest BCUT2D eigenvalue weighted by atomic mass is 16.5. The highest BCUT2D eigenvalue weighted by molar-refractivity contribution is 5.29. The van der Waals surface area contributed by atoms with Crippen LogP contribution in [0.15, 0.2) is 48.7 Å². The molecule has 2 rings (SSSR count). The minimum Gasteiger partial charge on any atom is -0.497 e. The molecule has 0 N–H and O–H groups in total. The predicted octanol–water partition coefficient (Wildman–Crippen LogP) is 2.11. The van der Waals surface area contributed by atoms with Crippen LogP contribution in [-0.2, 0) is 13.5 Å². The van der Waals surface area contributed by atoms with Crippen LogP contribution in [0.3, 0.4) is 0 Å². The first-order valence-corrected chi connectivity index (χ1v) is 5.36. The van der Waals surface area contributed by atoms with E-state index in [2.05, 4.69) is 42.1 Å². The largest absolute Gasteiger partial charge is 0.497 e. The number of hydrogen-bond donors (Lipinski definition) is 0. The first-order valence-electron chi connectivity index (χ1n) is 5.36. The second-order valence-electron chi connectivity index (χ2n) is 3.83. The molecule has 1 heterocycles. The van der Waals surface area contributed by atoms with Gasteiger partial charge in [-0.05, 0) is 17.7 Å². The van der Waals surface area contributed by atoms with E-state index in [1.54, 1.807) is 7.11 Å². The molecular weight excluding hydrogens is 198 g/mol. The van der Waals surface area contributed by atoms with Crippen molar-refractivity contribution < 1.29 is 9.30 Å². The molecule has 0 atom stereocenters. The van der Waals surface area contributed by atoms with E-state index in [1.165, 1.54) is 11.3 Å². The summed E-state index contributed by atoms with van der Waals surface area (Å²) in [5, 5.41) is 0. The highest BCUT2D eigenvalue weighted by Crippen LogP contribution is 2.13. The Morgan fingerprint density at radius 3 is 2.44 bits per heavy atom. The molecule has 2 aromatic rings. The third-order valence-electron chi connectivity index (χ3n) is 2.71. The maximum atomic E-state index is 5.14. The zero-order valence-electron chi connectivity index (χ0n) is 9.68. The van der Waals surface area contributed by atoms with E-state index in [4.69, 9.17) is 4.74 Å². The SMILES string of the molecule is COc1ccc(Cc2cccc[n+]2C)cc1. The summed E-state index contributed by atoms with van der Waals surface area (Å²) in [6.07, 6.45) is 3.01. The molecule has 0 radical (unpaired) electrons. The summed E-state index contributed by atoms with van der Waals surface area (Å²) in [5.74, 6) is 0.904. The Hall–Kier alpha value is -1.83. The summed E-state index contributed by atoms with van der Waals surface area (Å²) in [4.78, 5) is 0. The lowest BCUT2D eigenvalue weighted by Crippen LogP contribution is -2.32. The van der Waals surface area contributed by atoms with E-state index in [0.29, 0.717) is 0 Å². The first kappa shape index (κ1) is 10.7. The van der Waals surface area contributed by atoms with Crippen LogP contribution in [0.25, 0.3) is 0 Å². The van der Waals surface area contributed by atoms with Crippen molar-refractivity contribution in [2.75, 3.05) is 7.11 Å². The summed E-state index contributed by atoms with van der Waals surface area (Å²) in [5.41, 5.74) is 2.59. The Balaban J connectivity index is 2.18. The smallest absolute Gasteiger partial charge is 0.185 e. The maximum Gasteiger partial charge on any atom is 0.185 e. The van der Waals surface area contributed by atoms with Gasteiger partial charge in [0.1, 0.15) is 12.8 Å². The summed E-state index contributed by atoms with van der Waals surface area (Å²) in [7, 11) is 3.76. The maximum absolute atomic E-state index is 5.14. The van der Waals surface area contributed by atoms with Crippen LogP contribution in [0.2, 0.25) is 0 Å². The van der Waals surface area contributed by atoms with Gasteiger partial charge in [0.05, 0.1) is 13.5 Å². The second kappa shape index (κ2) is 4.79. The lowest BCUT2D eigenvalue weighted by molar-refractivity contribution is -0.678. The van der Waals surface area contributed by atoms with Gasteiger partial charge in [-0.15, -0.1) is 0 Å². The van der Waals surface area contributed by atoms with Gasteiger partial charge in [0.25, 0.3) is 0 Å². The number of ether oxygens (including phenoxy) is 1. The lowest BCUT2D eigenvalue weighted by atomic mass is 10.1. The van der Waals surface area contributed by atoms with Gasteiger partial charge >= 0.3 is 0 Å². The Morgan fingerprint density at radius 1 is 1.06 bits per heavy atom. The van der Waals surface area contributed by atoms with Gasteiger partial charge in [-0.1, -0.05) is 18.2 Å². The van der Waals surface area contributed by atoms with E-state index < -0.39 is 0 Å². The minimum absolute atomic E-state index is 0.904. The fourth-order valence-corrected chi connectivity index (χ4v) is 1.69. The number of aryl methyl sites for hydroxylation is 1. The van der Waals surface area contributed by atoms with Gasteiger partial charge in [-0.25, -0.2) is 4.57 Å². The molecule has 0 amide bonds. The van der Waals surface area contributed by atoms with Gasteiger partial charge in [0.2, 0.25) is 0 Å². The summed E-state index contributed by atoms with van der Waals surface area (Å²) in [6, 6.07) is 14.5. The normalized spacial score (nSPS) is 10.1. The molecule has 0 aliphatic rings. The molecule has 0 saturated carbocycles. The molecule has 82 valence electrons. The molecule has 1 aromatic heterocycles. The second-order valence-corrected chi connectivity index (χ2v) is 3.83. The molecule has 0 unspecified atom stereocenters. The molecule has 0 aliphatic heterocycles. The van der Waals surface area contributed by atoms with Crippen molar-refractivity contribution >= 4 is 0 Å². The molecule has 2 heteroatoms. The third kappa shape index (κ3) is 2.40. The van der Waals surface area contributed by atoms with Crippen LogP contribution < -0.4 is 9.30 Å². The van der Waals surface area contributed by atoms with E-state index >= 15 is 0 Å². The number of rotatable bonds is 3. The molecule has 0 bridgehead atoms. The average Bonchev–Trinajstić information content (AvgIpc) is 2.33. The number of methoxy groups -OCH3 is 1. The van der Waals surface area contributed by atoms with Crippen molar-refractivity contribution in [2.45, 2.75) is 6.42 Å². The van der Waals surface area contributed by atoms with E-state index in [0.717, 1.165) is 12.2 Å². The minimum atomic E-state index is 0.904. The Kier molecular flexibility index (Phi) is 3.20. The van der Waals surface area contributed by atoms with Crippen LogP contribution in [0, 0.1) is 0 Å². The Bertz CT molecular complexity index is 462. The zero-order valence-corrected chi connectivity index (χ0v) is 9.68. The zero-order chi connectivity index (χ0) is 11.4.